The molecule has 3 aromatic rings. The number of piperidine rings is 1. The number of rotatable bonds is 6. The van der Waals surface area contributed by atoms with Crippen LogP contribution in [0.5, 0.6) is 5.75 Å². The van der Waals surface area contributed by atoms with Gasteiger partial charge in [-0.05, 0) is 55.0 Å². The number of nitrogens with two attached hydrogens (primary N) is 1. The number of hydrogen-bond donors (Lipinski definition) is 1. The fourth-order valence-corrected chi connectivity index (χ4v) is 4.28. The van der Waals surface area contributed by atoms with Crippen LogP contribution in [-0.4, -0.2) is 42.1 Å². The Hall–Kier alpha value is -2.86. The molecule has 4 rings (SSSR count). The van der Waals surface area contributed by atoms with Crippen molar-refractivity contribution >= 4 is 16.8 Å². The zero-order valence-corrected chi connectivity index (χ0v) is 16.6. The topological polar surface area (TPSA) is 60.5 Å². The van der Waals surface area contributed by atoms with Gasteiger partial charge in [0.1, 0.15) is 11.6 Å². The number of carbonyl (C=O) groups is 1. The van der Waals surface area contributed by atoms with Crippen molar-refractivity contribution in [2.24, 2.45) is 5.73 Å². The molecule has 5 nitrogen and oxygen atoms in total. The Bertz CT molecular complexity index is 1020. The summed E-state index contributed by atoms with van der Waals surface area (Å²) in [7, 11) is 1.58. The molecule has 1 fully saturated rings. The molecule has 0 bridgehead atoms. The van der Waals surface area contributed by atoms with Crippen LogP contribution in [0.2, 0.25) is 0 Å². The van der Waals surface area contributed by atoms with E-state index in [0.29, 0.717) is 29.3 Å². The monoisotopic (exact) mass is 395 g/mol. The molecule has 152 valence electrons. The van der Waals surface area contributed by atoms with E-state index in [-0.39, 0.29) is 5.82 Å². The number of hydrogen-bond acceptors (Lipinski definition) is 3. The molecule has 1 aromatic heterocycles. The van der Waals surface area contributed by atoms with Gasteiger partial charge < -0.3 is 19.9 Å². The third kappa shape index (κ3) is 3.98. The van der Waals surface area contributed by atoms with Gasteiger partial charge in [-0.25, -0.2) is 4.39 Å². The molecule has 0 atom stereocenters. The van der Waals surface area contributed by atoms with Crippen molar-refractivity contribution in [2.75, 3.05) is 26.7 Å². The Labute approximate surface area is 169 Å². The first kappa shape index (κ1) is 19.5. The lowest BCUT2D eigenvalue weighted by molar-refractivity contribution is 0.100. The van der Waals surface area contributed by atoms with E-state index in [1.54, 1.807) is 19.2 Å². The van der Waals surface area contributed by atoms with Crippen LogP contribution in [0.4, 0.5) is 4.39 Å². The summed E-state index contributed by atoms with van der Waals surface area (Å²) in [6, 6.07) is 13.0. The number of methoxy groups -OCH3 is 1. The van der Waals surface area contributed by atoms with Crippen molar-refractivity contribution in [1.29, 1.82) is 0 Å². The van der Waals surface area contributed by atoms with Crippen molar-refractivity contribution in [3.8, 4) is 5.75 Å². The van der Waals surface area contributed by atoms with Gasteiger partial charge >= 0.3 is 0 Å². The number of halogens is 1. The summed E-state index contributed by atoms with van der Waals surface area (Å²) in [5.74, 6) is 0.00490. The molecular weight excluding hydrogens is 369 g/mol. The first-order valence-electron chi connectivity index (χ1n) is 10.0. The third-order valence-corrected chi connectivity index (χ3v) is 5.93. The van der Waals surface area contributed by atoms with E-state index in [0.717, 1.165) is 43.4 Å². The van der Waals surface area contributed by atoms with E-state index in [9.17, 15) is 9.18 Å². The van der Waals surface area contributed by atoms with Crippen LogP contribution in [0.1, 0.15) is 34.8 Å². The quantitative estimate of drug-likeness (QED) is 0.691. The van der Waals surface area contributed by atoms with Crippen LogP contribution in [0.15, 0.2) is 48.7 Å². The number of fused-ring (bicyclic) bond motifs is 1. The highest BCUT2D eigenvalue weighted by molar-refractivity contribution is 5.97. The molecule has 2 aromatic carbocycles. The summed E-state index contributed by atoms with van der Waals surface area (Å²) in [6.45, 7) is 2.72. The summed E-state index contributed by atoms with van der Waals surface area (Å²) in [4.78, 5) is 13.9. The average Bonchev–Trinajstić information content (AvgIpc) is 3.16. The van der Waals surface area contributed by atoms with Crippen LogP contribution < -0.4 is 10.5 Å². The van der Waals surface area contributed by atoms with E-state index in [4.69, 9.17) is 10.5 Å². The number of aromatic nitrogens is 1. The van der Waals surface area contributed by atoms with Gasteiger partial charge in [-0.3, -0.25) is 4.79 Å². The number of amides is 1. The molecule has 0 spiro atoms. The van der Waals surface area contributed by atoms with Gasteiger partial charge in [0.25, 0.3) is 0 Å². The molecule has 1 amide bonds. The number of ether oxygens (including phenoxy) is 1. The second-order valence-corrected chi connectivity index (χ2v) is 7.60. The first-order chi connectivity index (χ1) is 14.1. The molecule has 2 N–H and O–H groups in total. The lowest BCUT2D eigenvalue weighted by Crippen LogP contribution is -2.36. The number of nitrogens with zero attached hydrogens (tertiary/aromatic N) is 2. The van der Waals surface area contributed by atoms with Gasteiger partial charge in [0, 0.05) is 48.5 Å². The molecule has 0 radical (unpaired) electrons. The Kier molecular flexibility index (Phi) is 5.53. The van der Waals surface area contributed by atoms with Crippen molar-refractivity contribution in [2.45, 2.75) is 25.3 Å². The van der Waals surface area contributed by atoms with Gasteiger partial charge in [0.15, 0.2) is 0 Å². The fraction of sp³-hybridized carbons (Fsp3) is 0.348. The molecule has 0 aliphatic carbocycles. The second-order valence-electron chi connectivity index (χ2n) is 7.60. The minimum Gasteiger partial charge on any atom is -0.496 e. The number of carbonyl (C=O) groups excluding carboxylic acids is 1. The predicted molar refractivity (Wildman–Crippen MR) is 112 cm³/mol. The lowest BCUT2D eigenvalue weighted by Gasteiger charge is -2.33. The minimum atomic E-state index is -0.405. The Balaban J connectivity index is 1.41. The van der Waals surface area contributed by atoms with Crippen LogP contribution in [-0.2, 0) is 6.42 Å². The van der Waals surface area contributed by atoms with Crippen LogP contribution in [0.25, 0.3) is 10.9 Å². The minimum absolute atomic E-state index is 0.205. The van der Waals surface area contributed by atoms with Crippen molar-refractivity contribution < 1.29 is 13.9 Å². The van der Waals surface area contributed by atoms with Crippen molar-refractivity contribution in [1.82, 2.24) is 9.47 Å². The highest BCUT2D eigenvalue weighted by Gasteiger charge is 2.22. The normalized spacial score (nSPS) is 15.7. The summed E-state index contributed by atoms with van der Waals surface area (Å²) < 4.78 is 21.7. The summed E-state index contributed by atoms with van der Waals surface area (Å²) in [5, 5.41) is 1.11. The van der Waals surface area contributed by atoms with Gasteiger partial charge in [0.05, 0.1) is 7.11 Å². The third-order valence-electron chi connectivity index (χ3n) is 5.93. The summed E-state index contributed by atoms with van der Waals surface area (Å²) >= 11 is 0. The van der Waals surface area contributed by atoms with Gasteiger partial charge in [-0.2, -0.15) is 0 Å². The largest absolute Gasteiger partial charge is 0.496 e. The Morgan fingerprint density at radius 2 is 2.00 bits per heavy atom. The molecule has 2 heterocycles. The highest BCUT2D eigenvalue weighted by atomic mass is 19.1. The Morgan fingerprint density at radius 1 is 1.21 bits per heavy atom. The standard InChI is InChI=1S/C23H26FN3O2/c1-29-22-4-2-3-20(24)19(22)10-13-26-11-8-18(9-12-26)27-14-7-16-5-6-17(23(25)28)15-21(16)27/h2-7,14-15,18H,8-13H2,1H3,(H2,25,28). The first-order valence-corrected chi connectivity index (χ1v) is 10.0. The van der Waals surface area contributed by atoms with Crippen LogP contribution >= 0.6 is 0 Å². The van der Waals surface area contributed by atoms with E-state index in [1.807, 2.05) is 18.2 Å². The van der Waals surface area contributed by atoms with E-state index < -0.39 is 5.91 Å². The number of benzene rings is 2. The smallest absolute Gasteiger partial charge is 0.248 e. The van der Waals surface area contributed by atoms with Crippen LogP contribution in [0, 0.1) is 5.82 Å². The maximum Gasteiger partial charge on any atom is 0.248 e. The van der Waals surface area contributed by atoms with Gasteiger partial charge in [-0.1, -0.05) is 12.1 Å². The van der Waals surface area contributed by atoms with E-state index in [2.05, 4.69) is 21.7 Å². The SMILES string of the molecule is COc1cccc(F)c1CCN1CCC(n2ccc3ccc(C(N)=O)cc32)CC1. The average molecular weight is 395 g/mol. The highest BCUT2D eigenvalue weighted by Crippen LogP contribution is 2.29. The summed E-state index contributed by atoms with van der Waals surface area (Å²) in [5.41, 5.74) is 7.68. The molecule has 0 saturated carbocycles. The molecule has 1 aliphatic rings. The molecule has 1 aliphatic heterocycles. The molecule has 0 unspecified atom stereocenters. The Morgan fingerprint density at radius 3 is 2.72 bits per heavy atom. The molecular formula is C23H26FN3O2. The molecule has 1 saturated heterocycles. The van der Waals surface area contributed by atoms with Crippen molar-refractivity contribution in [3.63, 3.8) is 0 Å². The maximum atomic E-state index is 14.1. The fourth-order valence-electron chi connectivity index (χ4n) is 4.28. The summed E-state index contributed by atoms with van der Waals surface area (Å²) in [6.07, 6.45) is 4.76. The number of primary amides is 1. The van der Waals surface area contributed by atoms with Gasteiger partial charge in [-0.15, -0.1) is 0 Å². The molecule has 29 heavy (non-hydrogen) atoms. The van der Waals surface area contributed by atoms with Gasteiger partial charge in [0.2, 0.25) is 5.91 Å². The number of likely N-dealkylation sites (tertiary alicyclic amines) is 1. The van der Waals surface area contributed by atoms with E-state index >= 15 is 0 Å². The zero-order valence-electron chi connectivity index (χ0n) is 16.6. The lowest BCUT2D eigenvalue weighted by atomic mass is 10.0. The van der Waals surface area contributed by atoms with Crippen molar-refractivity contribution in [3.05, 3.63) is 65.6 Å². The van der Waals surface area contributed by atoms with E-state index in [1.165, 1.54) is 6.07 Å². The zero-order chi connectivity index (χ0) is 20.4. The molecule has 6 heteroatoms. The second kappa shape index (κ2) is 8.25. The predicted octanol–water partition coefficient (Wildman–Crippen LogP) is 3.77. The maximum absolute atomic E-state index is 14.1. The van der Waals surface area contributed by atoms with Crippen LogP contribution in [0.3, 0.4) is 0 Å².